The van der Waals surface area contributed by atoms with E-state index in [4.69, 9.17) is 9.97 Å². The van der Waals surface area contributed by atoms with E-state index in [1.807, 2.05) is 133 Å². The van der Waals surface area contributed by atoms with E-state index in [9.17, 15) is 4.39 Å². The van der Waals surface area contributed by atoms with Crippen molar-refractivity contribution < 1.29 is 8.78 Å². The van der Waals surface area contributed by atoms with Crippen molar-refractivity contribution in [3.8, 4) is 33.8 Å². The molecule has 1 aromatic heterocycles. The predicted octanol–water partition coefficient (Wildman–Crippen LogP) is 10.4. The van der Waals surface area contributed by atoms with Gasteiger partial charge in [0.2, 0.25) is 0 Å². The maximum Gasteiger partial charge on any atom is 0.160 e. The van der Waals surface area contributed by atoms with Crippen molar-refractivity contribution in [3.05, 3.63) is 163 Å². The molecule has 0 amide bonds. The second-order valence-electron chi connectivity index (χ2n) is 10.1. The van der Waals surface area contributed by atoms with Crippen LogP contribution in [0.3, 0.4) is 0 Å². The minimum Gasteiger partial charge on any atom is -0.308 e. The molecule has 0 unspecified atom stereocenters. The molecule has 0 atom stereocenters. The molecule has 43 heavy (non-hydrogen) atoms. The van der Waals surface area contributed by atoms with Crippen LogP contribution in [0.15, 0.2) is 152 Å². The van der Waals surface area contributed by atoms with Gasteiger partial charge in [-0.25, -0.2) is 18.7 Å². The predicted molar refractivity (Wildman–Crippen MR) is 170 cm³/mol. The van der Waals surface area contributed by atoms with Crippen molar-refractivity contribution in [1.29, 1.82) is 0 Å². The van der Waals surface area contributed by atoms with Gasteiger partial charge < -0.3 is 4.90 Å². The highest BCUT2D eigenvalue weighted by Gasteiger charge is 2.23. The zero-order chi connectivity index (χ0) is 29.2. The van der Waals surface area contributed by atoms with Crippen LogP contribution in [-0.2, 0) is 0 Å². The number of fused-ring (bicyclic) bond motifs is 1. The van der Waals surface area contributed by atoms with E-state index >= 15 is 4.39 Å². The molecular weight excluding hydrogens is 536 g/mol. The Kier molecular flexibility index (Phi) is 6.89. The van der Waals surface area contributed by atoms with Crippen LogP contribution in [-0.4, -0.2) is 9.97 Å². The maximum atomic E-state index is 15.2. The molecule has 6 aromatic carbocycles. The van der Waals surface area contributed by atoms with Gasteiger partial charge >= 0.3 is 0 Å². The van der Waals surface area contributed by atoms with Crippen molar-refractivity contribution in [2.45, 2.75) is 0 Å². The number of aromatic nitrogens is 2. The second-order valence-corrected chi connectivity index (χ2v) is 10.1. The summed E-state index contributed by atoms with van der Waals surface area (Å²) >= 11 is 0. The quantitative estimate of drug-likeness (QED) is 0.202. The number of benzene rings is 6. The summed E-state index contributed by atoms with van der Waals surface area (Å²) in [5.74, 6) is -0.410. The molecule has 0 saturated carbocycles. The Morgan fingerprint density at radius 2 is 1.12 bits per heavy atom. The molecule has 0 bridgehead atoms. The monoisotopic (exact) mass is 561 g/mol. The lowest BCUT2D eigenvalue weighted by atomic mass is 10.00. The molecule has 3 nitrogen and oxygen atoms in total. The van der Waals surface area contributed by atoms with E-state index in [-0.39, 0.29) is 5.56 Å². The van der Waals surface area contributed by atoms with Gasteiger partial charge in [0.1, 0.15) is 11.6 Å². The Labute approximate surface area is 248 Å². The second kappa shape index (κ2) is 11.3. The van der Waals surface area contributed by atoms with Crippen LogP contribution < -0.4 is 4.90 Å². The molecule has 5 heteroatoms. The summed E-state index contributed by atoms with van der Waals surface area (Å²) in [5.41, 5.74) is 6.46. The molecule has 0 fully saturated rings. The third-order valence-corrected chi connectivity index (χ3v) is 7.40. The summed E-state index contributed by atoms with van der Waals surface area (Å²) in [6.45, 7) is 0. The lowest BCUT2D eigenvalue weighted by molar-refractivity contribution is 0.603. The van der Waals surface area contributed by atoms with Gasteiger partial charge in [-0.15, -0.1) is 0 Å². The first-order valence-corrected chi connectivity index (χ1v) is 14.0. The lowest BCUT2D eigenvalue weighted by Crippen LogP contribution is -2.13. The highest BCUT2D eigenvalue weighted by molar-refractivity contribution is 6.04. The minimum atomic E-state index is -0.504. The van der Waals surface area contributed by atoms with Gasteiger partial charge in [0.05, 0.1) is 22.6 Å². The Balaban J connectivity index is 1.55. The van der Waals surface area contributed by atoms with Crippen molar-refractivity contribution in [3.63, 3.8) is 0 Å². The fraction of sp³-hybridized carbons (Fsp3) is 0. The van der Waals surface area contributed by atoms with E-state index in [1.165, 1.54) is 6.07 Å². The number of hydrogen-bond donors (Lipinski definition) is 0. The van der Waals surface area contributed by atoms with Gasteiger partial charge in [-0.05, 0) is 42.5 Å². The van der Waals surface area contributed by atoms with Crippen LogP contribution in [0.25, 0.3) is 44.7 Å². The van der Waals surface area contributed by atoms with Crippen molar-refractivity contribution >= 4 is 28.0 Å². The number of anilines is 3. The molecule has 206 valence electrons. The summed E-state index contributed by atoms with van der Waals surface area (Å²) in [6, 6.07) is 46.8. The minimum absolute atomic E-state index is 0.182. The van der Waals surface area contributed by atoms with Crippen LogP contribution in [0.4, 0.5) is 25.8 Å². The van der Waals surface area contributed by atoms with Gasteiger partial charge in [0.15, 0.2) is 5.82 Å². The van der Waals surface area contributed by atoms with Gasteiger partial charge in [-0.1, -0.05) is 109 Å². The van der Waals surface area contributed by atoms with Crippen LogP contribution in [0.2, 0.25) is 0 Å². The lowest BCUT2D eigenvalue weighted by Gasteiger charge is -2.29. The zero-order valence-corrected chi connectivity index (χ0v) is 23.0. The van der Waals surface area contributed by atoms with Crippen LogP contribution in [0.5, 0.6) is 0 Å². The fourth-order valence-electron chi connectivity index (χ4n) is 5.44. The molecule has 0 aliphatic heterocycles. The third kappa shape index (κ3) is 5.02. The van der Waals surface area contributed by atoms with Gasteiger partial charge in [0.25, 0.3) is 0 Å². The molecular formula is C38H25F2N3. The Bertz CT molecular complexity index is 2050. The summed E-state index contributed by atoms with van der Waals surface area (Å²) in [6.07, 6.45) is 0. The summed E-state index contributed by atoms with van der Waals surface area (Å²) in [4.78, 5) is 12.3. The highest BCUT2D eigenvalue weighted by atomic mass is 19.1. The number of rotatable bonds is 6. The van der Waals surface area contributed by atoms with Gasteiger partial charge in [-0.3, -0.25) is 0 Å². The van der Waals surface area contributed by atoms with E-state index in [2.05, 4.69) is 4.90 Å². The summed E-state index contributed by atoms with van der Waals surface area (Å²) in [5, 5.41) is 0.874. The molecule has 7 aromatic rings. The largest absolute Gasteiger partial charge is 0.308 e. The fourth-order valence-corrected chi connectivity index (χ4v) is 5.44. The van der Waals surface area contributed by atoms with Crippen molar-refractivity contribution in [2.24, 2.45) is 0 Å². The zero-order valence-electron chi connectivity index (χ0n) is 23.0. The standard InChI is InChI=1S/C38H25F2N3/c39-28-23-24-33(40)32(25-28)30-19-10-11-21-34(30)43(29-17-8-3-9-18-29)35-22-12-20-31-36(26-13-4-1-5-14-26)41-38(42-37(31)35)27-15-6-2-7-16-27/h1-25H. The van der Waals surface area contributed by atoms with Gasteiger partial charge in [-0.2, -0.15) is 0 Å². The van der Waals surface area contributed by atoms with E-state index in [0.717, 1.165) is 51.2 Å². The van der Waals surface area contributed by atoms with E-state index in [1.54, 1.807) is 0 Å². The highest BCUT2D eigenvalue weighted by Crippen LogP contribution is 2.44. The number of halogens is 2. The smallest absolute Gasteiger partial charge is 0.160 e. The molecule has 0 aliphatic carbocycles. The number of nitrogens with zero attached hydrogens (tertiary/aromatic N) is 3. The molecule has 0 spiro atoms. The average molecular weight is 562 g/mol. The normalized spacial score (nSPS) is 11.0. The maximum absolute atomic E-state index is 15.2. The van der Waals surface area contributed by atoms with Crippen LogP contribution in [0, 0.1) is 11.6 Å². The first kappa shape index (κ1) is 26.2. The van der Waals surface area contributed by atoms with Gasteiger partial charge in [0, 0.05) is 33.3 Å². The SMILES string of the molecule is Fc1ccc(F)c(-c2ccccc2N(c2ccccc2)c2cccc3c(-c4ccccc4)nc(-c4ccccc4)nc23)c1. The molecule has 0 N–H and O–H groups in total. The Morgan fingerprint density at radius 1 is 0.488 bits per heavy atom. The number of para-hydroxylation sites is 3. The first-order chi connectivity index (χ1) is 21.2. The molecule has 0 saturated heterocycles. The topological polar surface area (TPSA) is 29.0 Å². The van der Waals surface area contributed by atoms with E-state index in [0.29, 0.717) is 17.1 Å². The van der Waals surface area contributed by atoms with Crippen molar-refractivity contribution in [2.75, 3.05) is 4.90 Å². The van der Waals surface area contributed by atoms with Crippen LogP contribution in [0.1, 0.15) is 0 Å². The Hall–Kier alpha value is -5.68. The molecule has 7 rings (SSSR count). The van der Waals surface area contributed by atoms with E-state index < -0.39 is 11.6 Å². The molecule has 0 aliphatic rings. The molecule has 0 radical (unpaired) electrons. The first-order valence-electron chi connectivity index (χ1n) is 14.0. The average Bonchev–Trinajstić information content (AvgIpc) is 3.07. The summed E-state index contributed by atoms with van der Waals surface area (Å²) in [7, 11) is 0. The Morgan fingerprint density at radius 3 is 1.86 bits per heavy atom. The van der Waals surface area contributed by atoms with Crippen LogP contribution >= 0.6 is 0 Å². The molecule has 1 heterocycles. The number of hydrogen-bond acceptors (Lipinski definition) is 3. The third-order valence-electron chi connectivity index (χ3n) is 7.40. The summed E-state index contributed by atoms with van der Waals surface area (Å²) < 4.78 is 29.7. The van der Waals surface area contributed by atoms with Crippen molar-refractivity contribution in [1.82, 2.24) is 9.97 Å².